The Hall–Kier alpha value is -2.17. The molecule has 1 heterocycles. The second-order valence-corrected chi connectivity index (χ2v) is 4.02. The molecule has 2 aromatic rings. The van der Waals surface area contributed by atoms with E-state index in [0.29, 0.717) is 11.8 Å². The average Bonchev–Trinajstić information content (AvgIpc) is 2.37. The van der Waals surface area contributed by atoms with E-state index in [4.69, 9.17) is 0 Å². The number of H-pyrrole nitrogens is 1. The number of aryl methyl sites for hydroxylation is 1. The maximum atomic E-state index is 11.4. The van der Waals surface area contributed by atoms with Gasteiger partial charge in [-0.05, 0) is 18.6 Å². The van der Waals surface area contributed by atoms with E-state index < -0.39 is 0 Å². The zero-order chi connectivity index (χ0) is 12.8. The summed E-state index contributed by atoms with van der Waals surface area (Å²) < 4.78 is 0. The van der Waals surface area contributed by atoms with Crippen LogP contribution in [0.4, 0.5) is 11.6 Å². The summed E-state index contributed by atoms with van der Waals surface area (Å²) in [5.41, 5.74) is 0.499. The highest BCUT2D eigenvalue weighted by Crippen LogP contribution is 2.10. The van der Waals surface area contributed by atoms with Gasteiger partial charge in [0, 0.05) is 12.1 Å². The third-order valence-corrected chi connectivity index (χ3v) is 2.50. The first-order chi connectivity index (χ1) is 8.78. The van der Waals surface area contributed by atoms with E-state index in [1.54, 1.807) is 0 Å². The van der Waals surface area contributed by atoms with Crippen LogP contribution in [0, 0.1) is 0 Å². The van der Waals surface area contributed by atoms with Gasteiger partial charge in [0.25, 0.3) is 0 Å². The Morgan fingerprint density at radius 3 is 2.72 bits per heavy atom. The third kappa shape index (κ3) is 3.41. The molecule has 0 aliphatic carbocycles. The molecule has 0 unspecified atom stereocenters. The van der Waals surface area contributed by atoms with Crippen LogP contribution in [-0.4, -0.2) is 15.0 Å². The van der Waals surface area contributed by atoms with Crippen molar-refractivity contribution in [3.63, 3.8) is 0 Å². The van der Waals surface area contributed by atoms with Gasteiger partial charge in [-0.3, -0.25) is 4.98 Å². The van der Waals surface area contributed by atoms with Crippen molar-refractivity contribution in [3.8, 4) is 0 Å². The van der Waals surface area contributed by atoms with E-state index in [2.05, 4.69) is 27.2 Å². The van der Waals surface area contributed by atoms with E-state index in [1.807, 2.05) is 30.3 Å². The SMILES string of the molecule is CCCCc1nc(Nc2ccccc2)nc(=O)[nH]1. The summed E-state index contributed by atoms with van der Waals surface area (Å²) in [5, 5.41) is 3.02. The molecule has 0 atom stereocenters. The van der Waals surface area contributed by atoms with E-state index in [9.17, 15) is 4.79 Å². The van der Waals surface area contributed by atoms with Crippen molar-refractivity contribution in [3.05, 3.63) is 46.6 Å². The Labute approximate surface area is 105 Å². The monoisotopic (exact) mass is 244 g/mol. The summed E-state index contributed by atoms with van der Waals surface area (Å²) in [5.74, 6) is 1.02. The number of nitrogens with one attached hydrogen (secondary N) is 2. The number of anilines is 2. The molecule has 0 saturated carbocycles. The van der Waals surface area contributed by atoms with Gasteiger partial charge in [-0.1, -0.05) is 31.5 Å². The molecule has 2 N–H and O–H groups in total. The Bertz CT molecular complexity index is 550. The van der Waals surface area contributed by atoms with Crippen LogP contribution in [-0.2, 0) is 6.42 Å². The van der Waals surface area contributed by atoms with E-state index >= 15 is 0 Å². The molecule has 5 nitrogen and oxygen atoms in total. The molecular weight excluding hydrogens is 228 g/mol. The topological polar surface area (TPSA) is 70.7 Å². The zero-order valence-electron chi connectivity index (χ0n) is 10.3. The fraction of sp³-hybridized carbons (Fsp3) is 0.308. The maximum absolute atomic E-state index is 11.4. The Kier molecular flexibility index (Phi) is 4.06. The number of aromatic nitrogens is 3. The number of para-hydroxylation sites is 1. The predicted molar refractivity (Wildman–Crippen MR) is 71.0 cm³/mol. The first kappa shape index (κ1) is 12.3. The average molecular weight is 244 g/mol. The van der Waals surface area contributed by atoms with Gasteiger partial charge in [-0.15, -0.1) is 0 Å². The van der Waals surface area contributed by atoms with Crippen molar-refractivity contribution in [2.24, 2.45) is 0 Å². The van der Waals surface area contributed by atoms with Crippen LogP contribution >= 0.6 is 0 Å². The summed E-state index contributed by atoms with van der Waals surface area (Å²) in [6, 6.07) is 9.55. The normalized spacial score (nSPS) is 10.3. The van der Waals surface area contributed by atoms with E-state index in [1.165, 1.54) is 0 Å². The number of unbranched alkanes of at least 4 members (excludes halogenated alkanes) is 1. The van der Waals surface area contributed by atoms with Gasteiger partial charge in [0.15, 0.2) is 0 Å². The molecule has 18 heavy (non-hydrogen) atoms. The minimum atomic E-state index is -0.366. The van der Waals surface area contributed by atoms with Crippen LogP contribution in [0.1, 0.15) is 25.6 Å². The van der Waals surface area contributed by atoms with Gasteiger partial charge in [0.1, 0.15) is 5.82 Å². The molecule has 0 bridgehead atoms. The standard InChI is InChI=1S/C13H16N4O/c1-2-3-9-11-15-12(17-13(18)16-11)14-10-7-5-4-6-8-10/h4-8H,2-3,9H2,1H3,(H2,14,15,16,17,18). The minimum Gasteiger partial charge on any atom is -0.324 e. The molecule has 0 fully saturated rings. The van der Waals surface area contributed by atoms with Crippen LogP contribution < -0.4 is 11.0 Å². The lowest BCUT2D eigenvalue weighted by Crippen LogP contribution is -2.17. The van der Waals surface area contributed by atoms with Crippen molar-refractivity contribution in [2.75, 3.05) is 5.32 Å². The highest BCUT2D eigenvalue weighted by molar-refractivity contribution is 5.52. The molecule has 0 spiro atoms. The lowest BCUT2D eigenvalue weighted by molar-refractivity contribution is 0.739. The predicted octanol–water partition coefficient (Wildman–Crippen LogP) is 2.25. The largest absolute Gasteiger partial charge is 0.349 e. The van der Waals surface area contributed by atoms with Crippen LogP contribution in [0.15, 0.2) is 35.1 Å². The van der Waals surface area contributed by atoms with Gasteiger partial charge < -0.3 is 5.32 Å². The first-order valence-electron chi connectivity index (χ1n) is 6.07. The van der Waals surface area contributed by atoms with Gasteiger partial charge in [0.05, 0.1) is 0 Å². The number of hydrogen-bond acceptors (Lipinski definition) is 4. The lowest BCUT2D eigenvalue weighted by atomic mass is 10.2. The second kappa shape index (κ2) is 5.95. The van der Waals surface area contributed by atoms with Crippen molar-refractivity contribution in [1.29, 1.82) is 0 Å². The smallest absolute Gasteiger partial charge is 0.324 e. The number of nitrogens with zero attached hydrogens (tertiary/aromatic N) is 2. The zero-order valence-corrected chi connectivity index (χ0v) is 10.3. The number of benzene rings is 1. The van der Waals surface area contributed by atoms with E-state index in [-0.39, 0.29) is 5.69 Å². The highest BCUT2D eigenvalue weighted by Gasteiger charge is 2.02. The molecule has 0 saturated heterocycles. The molecule has 5 heteroatoms. The Morgan fingerprint density at radius 1 is 1.22 bits per heavy atom. The van der Waals surface area contributed by atoms with Crippen molar-refractivity contribution < 1.29 is 0 Å². The number of hydrogen-bond donors (Lipinski definition) is 2. The van der Waals surface area contributed by atoms with Crippen LogP contribution in [0.2, 0.25) is 0 Å². The highest BCUT2D eigenvalue weighted by atomic mass is 16.1. The summed E-state index contributed by atoms with van der Waals surface area (Å²) in [6.45, 7) is 2.10. The lowest BCUT2D eigenvalue weighted by Gasteiger charge is -2.05. The van der Waals surface area contributed by atoms with Crippen LogP contribution in [0.5, 0.6) is 0 Å². The summed E-state index contributed by atoms with van der Waals surface area (Å²) in [4.78, 5) is 22.2. The molecule has 2 rings (SSSR count). The quantitative estimate of drug-likeness (QED) is 0.846. The Morgan fingerprint density at radius 2 is 2.00 bits per heavy atom. The molecule has 1 aromatic carbocycles. The molecular formula is C13H16N4O. The van der Waals surface area contributed by atoms with Gasteiger partial charge in [0.2, 0.25) is 5.95 Å². The molecule has 0 aliphatic heterocycles. The molecule has 0 aliphatic rings. The maximum Gasteiger partial charge on any atom is 0.349 e. The Balaban J connectivity index is 2.18. The van der Waals surface area contributed by atoms with Crippen molar-refractivity contribution in [2.45, 2.75) is 26.2 Å². The minimum absolute atomic E-state index is 0.344. The summed E-state index contributed by atoms with van der Waals surface area (Å²) in [6.07, 6.45) is 2.82. The third-order valence-electron chi connectivity index (χ3n) is 2.50. The van der Waals surface area contributed by atoms with Crippen LogP contribution in [0.25, 0.3) is 0 Å². The summed E-state index contributed by atoms with van der Waals surface area (Å²) >= 11 is 0. The molecule has 94 valence electrons. The second-order valence-electron chi connectivity index (χ2n) is 4.02. The summed E-state index contributed by atoms with van der Waals surface area (Å²) in [7, 11) is 0. The van der Waals surface area contributed by atoms with Gasteiger partial charge in [-0.2, -0.15) is 9.97 Å². The fourth-order valence-electron chi connectivity index (χ4n) is 1.60. The van der Waals surface area contributed by atoms with Gasteiger partial charge >= 0.3 is 5.69 Å². The fourth-order valence-corrected chi connectivity index (χ4v) is 1.60. The molecule has 0 radical (unpaired) electrons. The van der Waals surface area contributed by atoms with Crippen LogP contribution in [0.3, 0.4) is 0 Å². The number of rotatable bonds is 5. The molecule has 1 aromatic heterocycles. The number of aromatic amines is 1. The van der Waals surface area contributed by atoms with Crippen molar-refractivity contribution >= 4 is 11.6 Å². The van der Waals surface area contributed by atoms with E-state index in [0.717, 1.165) is 24.9 Å². The first-order valence-corrected chi connectivity index (χ1v) is 6.07. The molecule has 0 amide bonds. The van der Waals surface area contributed by atoms with Gasteiger partial charge in [-0.25, -0.2) is 4.79 Å². The van der Waals surface area contributed by atoms with Crippen molar-refractivity contribution in [1.82, 2.24) is 15.0 Å².